The predicted molar refractivity (Wildman–Crippen MR) is 76.8 cm³/mol. The van der Waals surface area contributed by atoms with E-state index in [0.717, 1.165) is 31.7 Å². The number of nitrogens with zero attached hydrogens (tertiary/aromatic N) is 2. The standard InChI is InChI=1S/C15H27N3O/c1-4-18-13(8-10-17-18)14(16)15(19-5-2)9-6-7-12(3)11-15/h8,10,12,14H,4-7,9,11,16H2,1-3H3. The zero-order valence-corrected chi connectivity index (χ0v) is 12.4. The highest BCUT2D eigenvalue weighted by Crippen LogP contribution is 2.42. The van der Waals surface area contributed by atoms with E-state index in [9.17, 15) is 0 Å². The van der Waals surface area contributed by atoms with E-state index in [-0.39, 0.29) is 11.6 Å². The topological polar surface area (TPSA) is 53.1 Å². The molecule has 3 atom stereocenters. The molecule has 1 aliphatic carbocycles. The van der Waals surface area contributed by atoms with Gasteiger partial charge in [-0.3, -0.25) is 4.68 Å². The Labute approximate surface area is 116 Å². The normalized spacial score (nSPS) is 29.4. The molecule has 0 saturated heterocycles. The van der Waals surface area contributed by atoms with Gasteiger partial charge >= 0.3 is 0 Å². The van der Waals surface area contributed by atoms with Crippen molar-refractivity contribution in [2.45, 2.75) is 64.6 Å². The van der Waals surface area contributed by atoms with E-state index >= 15 is 0 Å². The lowest BCUT2D eigenvalue weighted by Gasteiger charge is -2.43. The van der Waals surface area contributed by atoms with Crippen LogP contribution in [0.25, 0.3) is 0 Å². The van der Waals surface area contributed by atoms with E-state index in [1.54, 1.807) is 0 Å². The smallest absolute Gasteiger partial charge is 0.0891 e. The molecule has 1 aliphatic rings. The third-order valence-corrected chi connectivity index (χ3v) is 4.36. The third-order valence-electron chi connectivity index (χ3n) is 4.36. The number of nitrogens with two attached hydrogens (primary N) is 1. The molecule has 1 saturated carbocycles. The second kappa shape index (κ2) is 6.06. The van der Waals surface area contributed by atoms with Gasteiger partial charge in [0.2, 0.25) is 0 Å². The van der Waals surface area contributed by atoms with Crippen LogP contribution in [-0.2, 0) is 11.3 Å². The van der Waals surface area contributed by atoms with Gasteiger partial charge in [0, 0.05) is 19.3 Å². The molecule has 0 spiro atoms. The first kappa shape index (κ1) is 14.5. The highest BCUT2D eigenvalue weighted by molar-refractivity contribution is 5.13. The fourth-order valence-corrected chi connectivity index (χ4v) is 3.48. The zero-order valence-electron chi connectivity index (χ0n) is 12.4. The number of rotatable bonds is 5. The lowest BCUT2D eigenvalue weighted by molar-refractivity contribution is -0.0952. The number of aryl methyl sites for hydroxylation is 1. The first-order valence-electron chi connectivity index (χ1n) is 7.54. The SMILES string of the molecule is CCOC1(C(N)c2ccnn2CC)CCCC(C)C1. The zero-order chi connectivity index (χ0) is 13.9. The van der Waals surface area contributed by atoms with Gasteiger partial charge in [-0.05, 0) is 38.7 Å². The Balaban J connectivity index is 2.27. The molecule has 108 valence electrons. The summed E-state index contributed by atoms with van der Waals surface area (Å²) in [5.41, 5.74) is 7.48. The summed E-state index contributed by atoms with van der Waals surface area (Å²) in [6.45, 7) is 8.04. The Morgan fingerprint density at radius 1 is 1.58 bits per heavy atom. The maximum Gasteiger partial charge on any atom is 0.0891 e. The molecule has 2 N–H and O–H groups in total. The monoisotopic (exact) mass is 265 g/mol. The fourth-order valence-electron chi connectivity index (χ4n) is 3.48. The average molecular weight is 265 g/mol. The van der Waals surface area contributed by atoms with Gasteiger partial charge in [0.25, 0.3) is 0 Å². The maximum atomic E-state index is 6.59. The molecule has 2 rings (SSSR count). The summed E-state index contributed by atoms with van der Waals surface area (Å²) in [5.74, 6) is 0.685. The second-order valence-corrected chi connectivity index (χ2v) is 5.75. The van der Waals surface area contributed by atoms with Crippen LogP contribution in [0, 0.1) is 5.92 Å². The summed E-state index contributed by atoms with van der Waals surface area (Å²) in [4.78, 5) is 0. The van der Waals surface area contributed by atoms with Gasteiger partial charge in [0.15, 0.2) is 0 Å². The van der Waals surface area contributed by atoms with Gasteiger partial charge in [0.05, 0.1) is 17.3 Å². The van der Waals surface area contributed by atoms with Gasteiger partial charge in [-0.1, -0.05) is 19.8 Å². The molecule has 4 heteroatoms. The molecule has 1 heterocycles. The van der Waals surface area contributed by atoms with Gasteiger partial charge < -0.3 is 10.5 Å². The average Bonchev–Trinajstić information content (AvgIpc) is 2.86. The molecule has 1 aromatic heterocycles. The molecular formula is C15H27N3O. The fraction of sp³-hybridized carbons (Fsp3) is 0.800. The van der Waals surface area contributed by atoms with E-state index in [4.69, 9.17) is 10.5 Å². The van der Waals surface area contributed by atoms with Crippen molar-refractivity contribution in [3.8, 4) is 0 Å². The van der Waals surface area contributed by atoms with Crippen LogP contribution in [0.15, 0.2) is 12.3 Å². The molecule has 0 bridgehead atoms. The molecule has 4 nitrogen and oxygen atoms in total. The quantitative estimate of drug-likeness (QED) is 0.890. The Morgan fingerprint density at radius 3 is 3.00 bits per heavy atom. The molecule has 0 amide bonds. The van der Waals surface area contributed by atoms with Crippen LogP contribution in [0.5, 0.6) is 0 Å². The lowest BCUT2D eigenvalue weighted by atomic mass is 9.74. The van der Waals surface area contributed by atoms with Crippen LogP contribution < -0.4 is 5.73 Å². The van der Waals surface area contributed by atoms with Crippen LogP contribution in [-0.4, -0.2) is 22.0 Å². The van der Waals surface area contributed by atoms with Crippen LogP contribution in [0.1, 0.15) is 58.2 Å². The molecule has 1 fully saturated rings. The summed E-state index contributed by atoms with van der Waals surface area (Å²) >= 11 is 0. The Hall–Kier alpha value is -0.870. The van der Waals surface area contributed by atoms with Gasteiger partial charge in [-0.15, -0.1) is 0 Å². The van der Waals surface area contributed by atoms with E-state index < -0.39 is 0 Å². The summed E-state index contributed by atoms with van der Waals surface area (Å²) in [6.07, 6.45) is 6.44. The molecule has 0 aromatic carbocycles. The highest BCUT2D eigenvalue weighted by atomic mass is 16.5. The minimum Gasteiger partial charge on any atom is -0.373 e. The largest absolute Gasteiger partial charge is 0.373 e. The van der Waals surface area contributed by atoms with Crippen LogP contribution in [0.2, 0.25) is 0 Å². The van der Waals surface area contributed by atoms with Gasteiger partial charge in [-0.25, -0.2) is 0 Å². The highest BCUT2D eigenvalue weighted by Gasteiger charge is 2.42. The number of ether oxygens (including phenoxy) is 1. The predicted octanol–water partition coefficient (Wildman–Crippen LogP) is 2.89. The van der Waals surface area contributed by atoms with Crippen LogP contribution >= 0.6 is 0 Å². The van der Waals surface area contributed by atoms with E-state index in [2.05, 4.69) is 25.9 Å². The Bertz CT molecular complexity index is 400. The summed E-state index contributed by atoms with van der Waals surface area (Å²) in [5, 5.41) is 4.34. The first-order chi connectivity index (χ1) is 9.13. The maximum absolute atomic E-state index is 6.59. The molecular weight excluding hydrogens is 238 g/mol. The van der Waals surface area contributed by atoms with Crippen molar-refractivity contribution in [1.29, 1.82) is 0 Å². The third kappa shape index (κ3) is 2.84. The Kier molecular flexibility index (Phi) is 4.63. The second-order valence-electron chi connectivity index (χ2n) is 5.75. The minimum absolute atomic E-state index is 0.0855. The van der Waals surface area contributed by atoms with Gasteiger partial charge in [-0.2, -0.15) is 5.10 Å². The van der Waals surface area contributed by atoms with Crippen LogP contribution in [0.4, 0.5) is 0 Å². The van der Waals surface area contributed by atoms with Crippen molar-refractivity contribution in [3.05, 3.63) is 18.0 Å². The number of hydrogen-bond acceptors (Lipinski definition) is 3. The van der Waals surface area contributed by atoms with E-state index in [1.165, 1.54) is 12.8 Å². The van der Waals surface area contributed by atoms with Crippen molar-refractivity contribution in [3.63, 3.8) is 0 Å². The lowest BCUT2D eigenvalue weighted by Crippen LogP contribution is -2.47. The van der Waals surface area contributed by atoms with Crippen LogP contribution in [0.3, 0.4) is 0 Å². The van der Waals surface area contributed by atoms with E-state index in [1.807, 2.05) is 16.9 Å². The Morgan fingerprint density at radius 2 is 2.37 bits per heavy atom. The molecule has 0 aliphatic heterocycles. The van der Waals surface area contributed by atoms with E-state index in [0.29, 0.717) is 5.92 Å². The van der Waals surface area contributed by atoms with Crippen molar-refractivity contribution in [1.82, 2.24) is 9.78 Å². The minimum atomic E-state index is -0.209. The van der Waals surface area contributed by atoms with Crippen molar-refractivity contribution in [2.75, 3.05) is 6.61 Å². The van der Waals surface area contributed by atoms with Crippen molar-refractivity contribution in [2.24, 2.45) is 11.7 Å². The van der Waals surface area contributed by atoms with Crippen molar-refractivity contribution >= 4 is 0 Å². The van der Waals surface area contributed by atoms with Gasteiger partial charge in [0.1, 0.15) is 0 Å². The van der Waals surface area contributed by atoms with Crippen molar-refractivity contribution < 1.29 is 4.74 Å². The summed E-state index contributed by atoms with van der Waals surface area (Å²) < 4.78 is 8.15. The number of aromatic nitrogens is 2. The summed E-state index contributed by atoms with van der Waals surface area (Å²) in [7, 11) is 0. The molecule has 3 unspecified atom stereocenters. The summed E-state index contributed by atoms with van der Waals surface area (Å²) in [6, 6.07) is 1.95. The molecule has 0 radical (unpaired) electrons. The molecule has 1 aromatic rings. The molecule has 19 heavy (non-hydrogen) atoms. The first-order valence-corrected chi connectivity index (χ1v) is 7.54. The number of hydrogen-bond donors (Lipinski definition) is 1.